The topological polar surface area (TPSA) is 91.3 Å². The first kappa shape index (κ1) is 17.3. The number of pyridine rings is 1. The molecule has 2 amide bonds. The molecule has 1 aliphatic heterocycles. The molecule has 25 heavy (non-hydrogen) atoms. The van der Waals surface area contributed by atoms with E-state index in [2.05, 4.69) is 20.5 Å². The molecule has 0 unspecified atom stereocenters. The first-order valence-electron chi connectivity index (χ1n) is 8.15. The van der Waals surface area contributed by atoms with Crippen molar-refractivity contribution in [3.63, 3.8) is 0 Å². The summed E-state index contributed by atoms with van der Waals surface area (Å²) in [6, 6.07) is 5.64. The van der Waals surface area contributed by atoms with Crippen molar-refractivity contribution < 1.29 is 9.59 Å². The molecular weight excluding hydrogens is 340 g/mol. The summed E-state index contributed by atoms with van der Waals surface area (Å²) >= 11 is 1.41. The molecule has 9 heteroatoms. The van der Waals surface area contributed by atoms with Crippen LogP contribution >= 0.6 is 11.3 Å². The van der Waals surface area contributed by atoms with Crippen molar-refractivity contribution in [2.45, 2.75) is 13.3 Å². The van der Waals surface area contributed by atoms with E-state index in [-0.39, 0.29) is 11.8 Å². The van der Waals surface area contributed by atoms with Gasteiger partial charge in [0.15, 0.2) is 5.01 Å². The Labute approximate surface area is 149 Å². The fourth-order valence-corrected chi connectivity index (χ4v) is 3.34. The largest absolute Gasteiger partial charge is 0.360 e. The fourth-order valence-electron chi connectivity index (χ4n) is 2.59. The van der Waals surface area contributed by atoms with E-state index < -0.39 is 0 Å². The van der Waals surface area contributed by atoms with Crippen molar-refractivity contribution in [2.75, 3.05) is 38.0 Å². The Balaban J connectivity index is 1.43. The Morgan fingerprint density at radius 2 is 1.92 bits per heavy atom. The maximum absolute atomic E-state index is 12.2. The van der Waals surface area contributed by atoms with Crippen LogP contribution in [0.3, 0.4) is 0 Å². The van der Waals surface area contributed by atoms with E-state index >= 15 is 0 Å². The van der Waals surface area contributed by atoms with Crippen molar-refractivity contribution in [1.82, 2.24) is 25.0 Å². The molecule has 0 spiro atoms. The number of amides is 2. The molecule has 0 atom stereocenters. The van der Waals surface area contributed by atoms with Gasteiger partial charge in [-0.15, -0.1) is 10.2 Å². The summed E-state index contributed by atoms with van der Waals surface area (Å²) in [5.41, 5.74) is 0.785. The van der Waals surface area contributed by atoms with E-state index in [4.69, 9.17) is 0 Å². The molecule has 3 heterocycles. The van der Waals surface area contributed by atoms with E-state index in [0.717, 1.165) is 10.7 Å². The minimum absolute atomic E-state index is 0.0637. The van der Waals surface area contributed by atoms with Gasteiger partial charge in [-0.3, -0.25) is 14.6 Å². The lowest BCUT2D eigenvalue weighted by Crippen LogP contribution is -2.50. The van der Waals surface area contributed by atoms with Gasteiger partial charge in [0.25, 0.3) is 0 Å². The lowest BCUT2D eigenvalue weighted by Gasteiger charge is -2.34. The van der Waals surface area contributed by atoms with Crippen LogP contribution in [0.15, 0.2) is 24.4 Å². The third kappa shape index (κ3) is 4.50. The highest BCUT2D eigenvalue weighted by Crippen LogP contribution is 2.24. The van der Waals surface area contributed by atoms with E-state index in [0.29, 0.717) is 44.3 Å². The summed E-state index contributed by atoms with van der Waals surface area (Å²) in [4.78, 5) is 31.4. The average molecular weight is 360 g/mol. The van der Waals surface area contributed by atoms with Gasteiger partial charge in [-0.25, -0.2) is 0 Å². The molecule has 0 radical (unpaired) electrons. The van der Waals surface area contributed by atoms with Crippen molar-refractivity contribution >= 4 is 28.3 Å². The number of piperazine rings is 1. The van der Waals surface area contributed by atoms with Gasteiger partial charge in [-0.2, -0.15) is 0 Å². The molecule has 0 aliphatic carbocycles. The highest BCUT2D eigenvalue weighted by molar-refractivity contribution is 7.18. The second-order valence-corrected chi connectivity index (χ2v) is 6.67. The highest BCUT2D eigenvalue weighted by atomic mass is 32.1. The molecule has 2 aromatic rings. The molecule has 1 N–H and O–H groups in total. The van der Waals surface area contributed by atoms with Crippen molar-refractivity contribution in [3.8, 4) is 10.7 Å². The SMILES string of the molecule is CC(=O)N1CCN(C(=O)CCNc2nnc(-c3ccccn3)s2)CC1. The van der Waals surface area contributed by atoms with Crippen LogP contribution in [0.25, 0.3) is 10.7 Å². The molecule has 2 aromatic heterocycles. The molecular formula is C16H20N6O2S. The number of aromatic nitrogens is 3. The number of hydrogen-bond donors (Lipinski definition) is 1. The number of nitrogens with zero attached hydrogens (tertiary/aromatic N) is 5. The summed E-state index contributed by atoms with van der Waals surface area (Å²) in [6.07, 6.45) is 2.10. The Kier molecular flexibility index (Phi) is 5.54. The zero-order chi connectivity index (χ0) is 17.6. The Morgan fingerprint density at radius 3 is 2.60 bits per heavy atom. The molecule has 0 aromatic carbocycles. The molecule has 0 bridgehead atoms. The third-order valence-corrected chi connectivity index (χ3v) is 4.91. The summed E-state index contributed by atoms with van der Waals surface area (Å²) < 4.78 is 0. The van der Waals surface area contributed by atoms with Crippen LogP contribution in [0.1, 0.15) is 13.3 Å². The molecule has 1 fully saturated rings. The van der Waals surface area contributed by atoms with Crippen LogP contribution in [-0.2, 0) is 9.59 Å². The van der Waals surface area contributed by atoms with Crippen molar-refractivity contribution in [1.29, 1.82) is 0 Å². The van der Waals surface area contributed by atoms with E-state index in [1.165, 1.54) is 11.3 Å². The number of nitrogens with one attached hydrogen (secondary N) is 1. The van der Waals surface area contributed by atoms with E-state index in [1.807, 2.05) is 18.2 Å². The van der Waals surface area contributed by atoms with Crippen LogP contribution in [-0.4, -0.2) is 69.5 Å². The first-order valence-corrected chi connectivity index (χ1v) is 8.97. The van der Waals surface area contributed by atoms with Gasteiger partial charge in [0.1, 0.15) is 5.69 Å². The zero-order valence-corrected chi connectivity index (χ0v) is 14.8. The average Bonchev–Trinajstić information content (AvgIpc) is 3.11. The Bertz CT molecular complexity index is 727. The second kappa shape index (κ2) is 8.02. The number of carbonyl (C=O) groups is 2. The summed E-state index contributed by atoms with van der Waals surface area (Å²) in [5, 5.41) is 12.7. The highest BCUT2D eigenvalue weighted by Gasteiger charge is 2.21. The number of rotatable bonds is 5. The van der Waals surface area contributed by atoms with Gasteiger partial charge in [0, 0.05) is 52.3 Å². The number of hydrogen-bond acceptors (Lipinski definition) is 7. The van der Waals surface area contributed by atoms with Crippen molar-refractivity contribution in [2.24, 2.45) is 0 Å². The lowest BCUT2D eigenvalue weighted by atomic mass is 10.2. The van der Waals surface area contributed by atoms with Crippen molar-refractivity contribution in [3.05, 3.63) is 24.4 Å². The van der Waals surface area contributed by atoms with E-state index in [9.17, 15) is 9.59 Å². The fraction of sp³-hybridized carbons (Fsp3) is 0.438. The normalized spacial score (nSPS) is 14.4. The van der Waals surface area contributed by atoms with Crippen LogP contribution in [0.2, 0.25) is 0 Å². The maximum atomic E-state index is 12.2. The summed E-state index contributed by atoms with van der Waals surface area (Å²) in [7, 11) is 0. The summed E-state index contributed by atoms with van der Waals surface area (Å²) in [5.74, 6) is 0.152. The number of anilines is 1. The third-order valence-electron chi connectivity index (χ3n) is 4.00. The van der Waals surface area contributed by atoms with Gasteiger partial charge < -0.3 is 15.1 Å². The van der Waals surface area contributed by atoms with E-state index in [1.54, 1.807) is 22.9 Å². The summed E-state index contributed by atoms with van der Waals surface area (Å²) in [6.45, 7) is 4.48. The molecule has 1 aliphatic rings. The molecule has 8 nitrogen and oxygen atoms in total. The van der Waals surface area contributed by atoms with Gasteiger partial charge in [-0.05, 0) is 12.1 Å². The minimum Gasteiger partial charge on any atom is -0.360 e. The molecule has 0 saturated carbocycles. The van der Waals surface area contributed by atoms with Gasteiger partial charge in [0.2, 0.25) is 16.9 Å². The molecule has 3 rings (SSSR count). The van der Waals surface area contributed by atoms with Gasteiger partial charge in [-0.1, -0.05) is 17.4 Å². The van der Waals surface area contributed by atoms with Crippen LogP contribution in [0.4, 0.5) is 5.13 Å². The lowest BCUT2D eigenvalue weighted by molar-refractivity contribution is -0.138. The predicted molar refractivity (Wildman–Crippen MR) is 95.1 cm³/mol. The first-order chi connectivity index (χ1) is 12.1. The monoisotopic (exact) mass is 360 g/mol. The Hall–Kier alpha value is -2.55. The van der Waals surface area contributed by atoms with Gasteiger partial charge >= 0.3 is 0 Å². The Morgan fingerprint density at radius 1 is 1.16 bits per heavy atom. The van der Waals surface area contributed by atoms with Crippen LogP contribution < -0.4 is 5.32 Å². The molecule has 132 valence electrons. The number of carbonyl (C=O) groups excluding carboxylic acids is 2. The maximum Gasteiger partial charge on any atom is 0.224 e. The smallest absolute Gasteiger partial charge is 0.224 e. The van der Waals surface area contributed by atoms with Crippen LogP contribution in [0.5, 0.6) is 0 Å². The second-order valence-electron chi connectivity index (χ2n) is 5.69. The zero-order valence-electron chi connectivity index (χ0n) is 14.0. The predicted octanol–water partition coefficient (Wildman–Crippen LogP) is 1.09. The standard InChI is InChI=1S/C16H20N6O2S/c1-12(23)21-8-10-22(11-9-21)14(24)5-7-18-16-20-19-15(25-16)13-4-2-3-6-17-13/h2-4,6H,5,7-11H2,1H3,(H,18,20). The van der Waals surface area contributed by atoms with Crippen LogP contribution in [0, 0.1) is 0 Å². The van der Waals surface area contributed by atoms with Gasteiger partial charge in [0.05, 0.1) is 0 Å². The quantitative estimate of drug-likeness (QED) is 0.858. The minimum atomic E-state index is 0.0637. The molecule has 1 saturated heterocycles.